The van der Waals surface area contributed by atoms with Crippen molar-refractivity contribution < 1.29 is 24.1 Å². The molecule has 0 aromatic carbocycles. The van der Waals surface area contributed by atoms with Crippen LogP contribution in [0.25, 0.3) is 0 Å². The third-order valence-electron chi connectivity index (χ3n) is 2.87. The molecule has 1 heterocycles. The van der Waals surface area contributed by atoms with Gasteiger partial charge in [0, 0.05) is 26.2 Å². The van der Waals surface area contributed by atoms with Gasteiger partial charge in [0.15, 0.2) is 0 Å². The molecule has 1 rings (SSSR count). The van der Waals surface area contributed by atoms with E-state index in [9.17, 15) is 5.11 Å². The first-order valence-corrected chi connectivity index (χ1v) is 6.25. The van der Waals surface area contributed by atoms with Crippen molar-refractivity contribution in [2.24, 2.45) is 5.92 Å². The summed E-state index contributed by atoms with van der Waals surface area (Å²) in [5.74, 6) is 0.221. The maximum absolute atomic E-state index is 9.69. The molecule has 0 aromatic heterocycles. The minimum Gasteiger partial charge on any atom is -0.393 e. The molecule has 17 heavy (non-hydrogen) atoms. The second-order valence-corrected chi connectivity index (χ2v) is 4.20. The lowest BCUT2D eigenvalue weighted by molar-refractivity contribution is -0.0497. The highest BCUT2D eigenvalue weighted by Crippen LogP contribution is 2.17. The van der Waals surface area contributed by atoms with E-state index in [0.29, 0.717) is 46.2 Å². The first kappa shape index (κ1) is 14.9. The quantitative estimate of drug-likeness (QED) is 0.601. The van der Waals surface area contributed by atoms with Crippen LogP contribution in [0.15, 0.2) is 0 Å². The Balaban J connectivity index is 1.86. The van der Waals surface area contributed by atoms with Gasteiger partial charge in [0.2, 0.25) is 0 Å². The van der Waals surface area contributed by atoms with E-state index >= 15 is 0 Å². The van der Waals surface area contributed by atoms with E-state index in [1.165, 1.54) is 0 Å². The van der Waals surface area contributed by atoms with Crippen LogP contribution in [0.3, 0.4) is 0 Å². The van der Waals surface area contributed by atoms with Gasteiger partial charge in [0.1, 0.15) is 0 Å². The largest absolute Gasteiger partial charge is 0.393 e. The van der Waals surface area contributed by atoms with Crippen molar-refractivity contribution in [3.63, 3.8) is 0 Å². The van der Waals surface area contributed by atoms with Gasteiger partial charge in [0.25, 0.3) is 0 Å². The summed E-state index contributed by atoms with van der Waals surface area (Å²) in [5, 5.41) is 9.69. The fraction of sp³-hybridized carbons (Fsp3) is 1.00. The second-order valence-electron chi connectivity index (χ2n) is 4.20. The second kappa shape index (κ2) is 9.79. The van der Waals surface area contributed by atoms with Gasteiger partial charge in [-0.25, -0.2) is 0 Å². The number of hydrogen-bond donors (Lipinski definition) is 1. The van der Waals surface area contributed by atoms with Crippen LogP contribution in [0.1, 0.15) is 12.8 Å². The molecular weight excluding hydrogens is 224 g/mol. The topological polar surface area (TPSA) is 57.2 Å². The summed E-state index contributed by atoms with van der Waals surface area (Å²) in [6.45, 7) is 4.38. The van der Waals surface area contributed by atoms with E-state index in [1.807, 2.05) is 0 Å². The molecule has 2 atom stereocenters. The summed E-state index contributed by atoms with van der Waals surface area (Å²) in [7, 11) is 1.65. The third kappa shape index (κ3) is 6.95. The Kier molecular flexibility index (Phi) is 8.56. The van der Waals surface area contributed by atoms with Crippen LogP contribution in [0.2, 0.25) is 0 Å². The van der Waals surface area contributed by atoms with E-state index < -0.39 is 0 Å². The van der Waals surface area contributed by atoms with Crippen molar-refractivity contribution in [3.8, 4) is 0 Å². The van der Waals surface area contributed by atoms with Crippen molar-refractivity contribution >= 4 is 0 Å². The highest BCUT2D eigenvalue weighted by Gasteiger charge is 2.22. The van der Waals surface area contributed by atoms with Crippen LogP contribution in [-0.2, 0) is 18.9 Å². The zero-order valence-corrected chi connectivity index (χ0v) is 10.6. The number of methoxy groups -OCH3 is 1. The highest BCUT2D eigenvalue weighted by molar-refractivity contribution is 4.72. The van der Waals surface area contributed by atoms with Crippen molar-refractivity contribution in [2.45, 2.75) is 18.9 Å². The molecule has 0 amide bonds. The fourth-order valence-corrected chi connectivity index (χ4v) is 1.76. The predicted molar refractivity (Wildman–Crippen MR) is 63.1 cm³/mol. The molecule has 2 unspecified atom stereocenters. The van der Waals surface area contributed by atoms with E-state index in [0.717, 1.165) is 12.8 Å². The molecule has 0 bridgehead atoms. The van der Waals surface area contributed by atoms with Crippen LogP contribution in [-0.4, -0.2) is 64.6 Å². The zero-order valence-electron chi connectivity index (χ0n) is 10.6. The summed E-state index contributed by atoms with van der Waals surface area (Å²) in [5.41, 5.74) is 0. The van der Waals surface area contributed by atoms with Gasteiger partial charge < -0.3 is 24.1 Å². The van der Waals surface area contributed by atoms with Crippen LogP contribution < -0.4 is 0 Å². The SMILES string of the molecule is COCCOCCOCCC1COCCC1O. The van der Waals surface area contributed by atoms with Gasteiger partial charge in [-0.05, 0) is 12.8 Å². The van der Waals surface area contributed by atoms with Gasteiger partial charge in [-0.2, -0.15) is 0 Å². The number of aliphatic hydroxyl groups is 1. The van der Waals surface area contributed by atoms with Crippen molar-refractivity contribution in [3.05, 3.63) is 0 Å². The van der Waals surface area contributed by atoms with Gasteiger partial charge in [0.05, 0.1) is 39.1 Å². The first-order chi connectivity index (χ1) is 8.34. The summed E-state index contributed by atoms with van der Waals surface area (Å²) in [6.07, 6.45) is 1.36. The van der Waals surface area contributed by atoms with Crippen LogP contribution in [0, 0.1) is 5.92 Å². The lowest BCUT2D eigenvalue weighted by Gasteiger charge is -2.27. The molecule has 1 N–H and O–H groups in total. The molecule has 5 nitrogen and oxygen atoms in total. The number of aliphatic hydroxyl groups excluding tert-OH is 1. The standard InChI is InChI=1S/C12H24O5/c1-14-6-7-16-9-8-15-4-2-11-10-17-5-3-12(11)13/h11-13H,2-10H2,1H3. The van der Waals surface area contributed by atoms with E-state index in [1.54, 1.807) is 7.11 Å². The molecule has 0 aliphatic carbocycles. The van der Waals surface area contributed by atoms with Crippen molar-refractivity contribution in [1.29, 1.82) is 0 Å². The van der Waals surface area contributed by atoms with Crippen LogP contribution in [0.5, 0.6) is 0 Å². The highest BCUT2D eigenvalue weighted by atomic mass is 16.5. The number of hydrogen-bond acceptors (Lipinski definition) is 5. The van der Waals surface area contributed by atoms with Gasteiger partial charge in [-0.1, -0.05) is 0 Å². The predicted octanol–water partition coefficient (Wildman–Crippen LogP) is 0.453. The zero-order chi connectivity index (χ0) is 12.3. The average Bonchev–Trinajstić information content (AvgIpc) is 2.35. The minimum absolute atomic E-state index is 0.221. The Hall–Kier alpha value is -0.200. The molecule has 1 saturated heterocycles. The molecule has 0 saturated carbocycles. The smallest absolute Gasteiger partial charge is 0.0701 e. The Morgan fingerprint density at radius 2 is 1.82 bits per heavy atom. The minimum atomic E-state index is -0.231. The Morgan fingerprint density at radius 1 is 1.12 bits per heavy atom. The number of ether oxygens (including phenoxy) is 4. The lowest BCUT2D eigenvalue weighted by Crippen LogP contribution is -2.32. The maximum atomic E-state index is 9.69. The molecule has 0 aromatic rings. The van der Waals surface area contributed by atoms with Crippen molar-refractivity contribution in [2.75, 3.05) is 53.4 Å². The molecule has 5 heteroatoms. The van der Waals surface area contributed by atoms with E-state index in [2.05, 4.69) is 0 Å². The monoisotopic (exact) mass is 248 g/mol. The molecule has 1 aliphatic rings. The molecule has 0 radical (unpaired) electrons. The fourth-order valence-electron chi connectivity index (χ4n) is 1.76. The third-order valence-corrected chi connectivity index (χ3v) is 2.87. The normalized spacial score (nSPS) is 25.1. The van der Waals surface area contributed by atoms with Gasteiger partial charge in [-0.3, -0.25) is 0 Å². The summed E-state index contributed by atoms with van der Waals surface area (Å²) >= 11 is 0. The van der Waals surface area contributed by atoms with E-state index in [-0.39, 0.29) is 12.0 Å². The molecular formula is C12H24O5. The molecule has 1 aliphatic heterocycles. The summed E-state index contributed by atoms with van der Waals surface area (Å²) in [6, 6.07) is 0. The van der Waals surface area contributed by atoms with Gasteiger partial charge >= 0.3 is 0 Å². The van der Waals surface area contributed by atoms with Crippen molar-refractivity contribution in [1.82, 2.24) is 0 Å². The van der Waals surface area contributed by atoms with E-state index in [4.69, 9.17) is 18.9 Å². The van der Waals surface area contributed by atoms with Crippen LogP contribution >= 0.6 is 0 Å². The Morgan fingerprint density at radius 3 is 2.53 bits per heavy atom. The van der Waals surface area contributed by atoms with Crippen LogP contribution in [0.4, 0.5) is 0 Å². The summed E-state index contributed by atoms with van der Waals surface area (Å²) in [4.78, 5) is 0. The summed E-state index contributed by atoms with van der Waals surface area (Å²) < 4.78 is 20.9. The first-order valence-electron chi connectivity index (χ1n) is 6.25. The average molecular weight is 248 g/mol. The molecule has 102 valence electrons. The Bertz CT molecular complexity index is 176. The maximum Gasteiger partial charge on any atom is 0.0701 e. The lowest BCUT2D eigenvalue weighted by atomic mass is 9.96. The molecule has 1 fully saturated rings. The Labute approximate surface area is 103 Å². The molecule has 0 spiro atoms. The number of rotatable bonds is 9. The van der Waals surface area contributed by atoms with Gasteiger partial charge in [-0.15, -0.1) is 0 Å².